The van der Waals surface area contributed by atoms with Gasteiger partial charge in [-0.2, -0.15) is 4.68 Å². The number of methoxy groups -OCH3 is 1. The maximum atomic E-state index is 12.8. The number of nitrogens with zero attached hydrogens (tertiary/aromatic N) is 6. The van der Waals surface area contributed by atoms with E-state index in [1.807, 2.05) is 53.4 Å². The molecule has 1 saturated heterocycles. The number of piperazine rings is 1. The average Bonchev–Trinajstić information content (AvgIpc) is 3.36. The van der Waals surface area contributed by atoms with E-state index in [0.29, 0.717) is 37.9 Å². The quantitative estimate of drug-likeness (QED) is 0.450. The van der Waals surface area contributed by atoms with E-state index in [9.17, 15) is 9.59 Å². The molecule has 2 heterocycles. The second-order valence-electron chi connectivity index (χ2n) is 8.08. The third-order valence-electron chi connectivity index (χ3n) is 5.85. The zero-order valence-corrected chi connectivity index (χ0v) is 20.7. The number of amides is 2. The number of aromatic nitrogens is 4. The van der Waals surface area contributed by atoms with Crippen LogP contribution in [0.15, 0.2) is 53.7 Å². The Balaban J connectivity index is 1.23. The van der Waals surface area contributed by atoms with Gasteiger partial charge in [-0.3, -0.25) is 14.5 Å². The molecule has 1 N–H and O–H groups in total. The SMILES string of the molecule is CCc1ccccc1NC(=O)CN1CCN(C(=O)CSc2nnnn2-c2ccc(OC)cc2)CC1. The Labute approximate surface area is 208 Å². The van der Waals surface area contributed by atoms with E-state index < -0.39 is 0 Å². The molecule has 0 spiro atoms. The van der Waals surface area contributed by atoms with Crippen LogP contribution in [0.2, 0.25) is 0 Å². The zero-order chi connectivity index (χ0) is 24.6. The summed E-state index contributed by atoms with van der Waals surface area (Å²) in [7, 11) is 1.61. The first-order chi connectivity index (χ1) is 17.1. The molecule has 0 atom stereocenters. The summed E-state index contributed by atoms with van der Waals surface area (Å²) in [5.74, 6) is 0.977. The molecule has 1 fully saturated rings. The van der Waals surface area contributed by atoms with Crippen LogP contribution in [0.4, 0.5) is 5.69 Å². The van der Waals surface area contributed by atoms with Crippen LogP contribution in [0.3, 0.4) is 0 Å². The largest absolute Gasteiger partial charge is 0.497 e. The summed E-state index contributed by atoms with van der Waals surface area (Å²) >= 11 is 1.30. The van der Waals surface area contributed by atoms with E-state index in [2.05, 4.69) is 32.7 Å². The highest BCUT2D eigenvalue weighted by atomic mass is 32.2. The number of carbonyl (C=O) groups excluding carboxylic acids is 2. The van der Waals surface area contributed by atoms with E-state index in [4.69, 9.17) is 4.74 Å². The van der Waals surface area contributed by atoms with Gasteiger partial charge in [-0.05, 0) is 52.7 Å². The smallest absolute Gasteiger partial charge is 0.238 e. The summed E-state index contributed by atoms with van der Waals surface area (Å²) in [5.41, 5.74) is 2.77. The Bertz CT molecular complexity index is 1140. The summed E-state index contributed by atoms with van der Waals surface area (Å²) in [5, 5.41) is 15.4. The molecule has 3 aromatic rings. The van der Waals surface area contributed by atoms with Gasteiger partial charge in [0.15, 0.2) is 0 Å². The van der Waals surface area contributed by atoms with Crippen LogP contribution in [0.25, 0.3) is 5.69 Å². The number of carbonyl (C=O) groups is 2. The highest BCUT2D eigenvalue weighted by molar-refractivity contribution is 7.99. The van der Waals surface area contributed by atoms with Crippen LogP contribution < -0.4 is 10.1 Å². The number of anilines is 1. The lowest BCUT2D eigenvalue weighted by molar-refractivity contribution is -0.130. The van der Waals surface area contributed by atoms with Gasteiger partial charge in [0.1, 0.15) is 5.75 Å². The molecule has 1 aliphatic rings. The topological polar surface area (TPSA) is 105 Å². The molecule has 1 aromatic heterocycles. The van der Waals surface area contributed by atoms with E-state index in [1.54, 1.807) is 11.8 Å². The Morgan fingerprint density at radius 1 is 1.06 bits per heavy atom. The summed E-state index contributed by atoms with van der Waals surface area (Å²) in [4.78, 5) is 29.2. The van der Waals surface area contributed by atoms with Crippen LogP contribution in [0.5, 0.6) is 5.75 Å². The molecule has 10 nitrogen and oxygen atoms in total. The lowest BCUT2D eigenvalue weighted by atomic mass is 10.1. The minimum absolute atomic E-state index is 0.0280. The van der Waals surface area contributed by atoms with Crippen LogP contribution in [0, 0.1) is 0 Å². The van der Waals surface area contributed by atoms with Gasteiger partial charge >= 0.3 is 0 Å². The van der Waals surface area contributed by atoms with Crippen LogP contribution >= 0.6 is 11.8 Å². The number of hydrogen-bond acceptors (Lipinski definition) is 8. The van der Waals surface area contributed by atoms with Gasteiger partial charge in [-0.15, -0.1) is 5.10 Å². The molecular weight excluding hydrogens is 466 g/mol. The maximum absolute atomic E-state index is 12.8. The first-order valence-electron chi connectivity index (χ1n) is 11.5. The van der Waals surface area contributed by atoms with Crippen molar-refractivity contribution in [1.29, 1.82) is 0 Å². The van der Waals surface area contributed by atoms with Crippen molar-refractivity contribution in [1.82, 2.24) is 30.0 Å². The number of ether oxygens (including phenoxy) is 1. The normalized spacial score (nSPS) is 14.1. The summed E-state index contributed by atoms with van der Waals surface area (Å²) in [6.45, 7) is 4.86. The molecule has 1 aliphatic heterocycles. The number of para-hydroxylation sites is 1. The predicted molar refractivity (Wildman–Crippen MR) is 134 cm³/mol. The van der Waals surface area contributed by atoms with E-state index in [1.165, 1.54) is 11.8 Å². The second-order valence-corrected chi connectivity index (χ2v) is 9.02. The average molecular weight is 496 g/mol. The van der Waals surface area contributed by atoms with Gasteiger partial charge in [0, 0.05) is 31.9 Å². The van der Waals surface area contributed by atoms with Crippen molar-refractivity contribution in [3.63, 3.8) is 0 Å². The summed E-state index contributed by atoms with van der Waals surface area (Å²) in [6, 6.07) is 15.2. The molecule has 0 saturated carbocycles. The zero-order valence-electron chi connectivity index (χ0n) is 19.9. The molecular formula is C24H29N7O3S. The molecule has 2 aromatic carbocycles. The third-order valence-corrected chi connectivity index (χ3v) is 6.75. The Morgan fingerprint density at radius 3 is 2.51 bits per heavy atom. The van der Waals surface area contributed by atoms with Crippen molar-refractivity contribution in [2.45, 2.75) is 18.5 Å². The van der Waals surface area contributed by atoms with Crippen molar-refractivity contribution >= 4 is 29.3 Å². The molecule has 35 heavy (non-hydrogen) atoms. The molecule has 0 radical (unpaired) electrons. The minimum Gasteiger partial charge on any atom is -0.497 e. The molecule has 0 bridgehead atoms. The van der Waals surface area contributed by atoms with Crippen LogP contribution in [-0.4, -0.2) is 87.4 Å². The monoisotopic (exact) mass is 495 g/mol. The number of hydrogen-bond donors (Lipinski definition) is 1. The van der Waals surface area contributed by atoms with Crippen molar-refractivity contribution in [3.05, 3.63) is 54.1 Å². The van der Waals surface area contributed by atoms with Crippen LogP contribution in [-0.2, 0) is 16.0 Å². The van der Waals surface area contributed by atoms with E-state index >= 15 is 0 Å². The molecule has 4 rings (SSSR count). The molecule has 184 valence electrons. The number of nitrogens with one attached hydrogen (secondary N) is 1. The highest BCUT2D eigenvalue weighted by Gasteiger charge is 2.23. The second kappa shape index (κ2) is 11.8. The Kier molecular flexibility index (Phi) is 8.32. The van der Waals surface area contributed by atoms with Crippen molar-refractivity contribution < 1.29 is 14.3 Å². The first kappa shape index (κ1) is 24.7. The van der Waals surface area contributed by atoms with Crippen molar-refractivity contribution in [3.8, 4) is 11.4 Å². The van der Waals surface area contributed by atoms with Crippen molar-refractivity contribution in [2.24, 2.45) is 0 Å². The van der Waals surface area contributed by atoms with Gasteiger partial charge in [0.05, 0.1) is 25.1 Å². The van der Waals surface area contributed by atoms with E-state index in [0.717, 1.165) is 29.1 Å². The summed E-state index contributed by atoms with van der Waals surface area (Å²) < 4.78 is 6.79. The Hall–Kier alpha value is -3.44. The van der Waals surface area contributed by atoms with Gasteiger partial charge in [0.25, 0.3) is 0 Å². The van der Waals surface area contributed by atoms with Gasteiger partial charge in [-0.1, -0.05) is 36.9 Å². The summed E-state index contributed by atoms with van der Waals surface area (Å²) in [6.07, 6.45) is 0.863. The molecule has 11 heteroatoms. The van der Waals surface area contributed by atoms with Gasteiger partial charge in [-0.25, -0.2) is 0 Å². The number of thioether (sulfide) groups is 1. The van der Waals surface area contributed by atoms with Crippen molar-refractivity contribution in [2.75, 3.05) is 50.9 Å². The van der Waals surface area contributed by atoms with Crippen LogP contribution in [0.1, 0.15) is 12.5 Å². The van der Waals surface area contributed by atoms with Gasteiger partial charge < -0.3 is 15.0 Å². The highest BCUT2D eigenvalue weighted by Crippen LogP contribution is 2.21. The predicted octanol–water partition coefficient (Wildman–Crippen LogP) is 2.11. The number of rotatable bonds is 9. The number of benzene rings is 2. The maximum Gasteiger partial charge on any atom is 0.238 e. The fourth-order valence-electron chi connectivity index (χ4n) is 3.87. The lowest BCUT2D eigenvalue weighted by Gasteiger charge is -2.34. The molecule has 0 unspecified atom stereocenters. The fraction of sp³-hybridized carbons (Fsp3) is 0.375. The fourth-order valence-corrected chi connectivity index (χ4v) is 4.66. The Morgan fingerprint density at radius 2 is 1.80 bits per heavy atom. The van der Waals surface area contributed by atoms with Gasteiger partial charge in [0.2, 0.25) is 17.0 Å². The minimum atomic E-state index is -0.0356. The third kappa shape index (κ3) is 6.37. The van der Waals surface area contributed by atoms with E-state index in [-0.39, 0.29) is 17.6 Å². The lowest BCUT2D eigenvalue weighted by Crippen LogP contribution is -2.50. The standard InChI is InChI=1S/C24H29N7O3S/c1-3-18-6-4-5-7-21(18)25-22(32)16-29-12-14-30(15-13-29)23(33)17-35-24-26-27-28-31(24)19-8-10-20(34-2)11-9-19/h4-11H,3,12-17H2,1-2H3,(H,25,32). The molecule has 2 amide bonds. The number of aryl methyl sites for hydroxylation is 1. The number of tetrazole rings is 1. The molecule has 0 aliphatic carbocycles. The first-order valence-corrected chi connectivity index (χ1v) is 12.5.